The molecule has 0 aliphatic carbocycles. The van der Waals surface area contributed by atoms with Gasteiger partial charge in [-0.25, -0.2) is 22.0 Å². The van der Waals surface area contributed by atoms with Gasteiger partial charge in [0.2, 0.25) is 0 Å². The number of alkyl halides is 3. The molecule has 1 fully saturated rings. The summed E-state index contributed by atoms with van der Waals surface area (Å²) in [6.07, 6.45) is -4.03. The molecule has 11 heteroatoms. The number of hydrogen-bond acceptors (Lipinski definition) is 4. The lowest BCUT2D eigenvalue weighted by Gasteiger charge is -2.30. The first-order valence-electron chi connectivity index (χ1n) is 10.1. The van der Waals surface area contributed by atoms with E-state index < -0.39 is 66.0 Å². The van der Waals surface area contributed by atoms with Crippen molar-refractivity contribution in [3.63, 3.8) is 0 Å². The van der Waals surface area contributed by atoms with Gasteiger partial charge in [-0.1, -0.05) is 13.3 Å². The molecule has 1 aliphatic heterocycles. The lowest BCUT2D eigenvalue weighted by atomic mass is 10.0. The van der Waals surface area contributed by atoms with Crippen LogP contribution < -0.4 is 9.47 Å². The van der Waals surface area contributed by atoms with Gasteiger partial charge in [-0.2, -0.15) is 8.78 Å². The molecular formula is C22H21F7O4. The summed E-state index contributed by atoms with van der Waals surface area (Å²) in [6, 6.07) is 1.89. The summed E-state index contributed by atoms with van der Waals surface area (Å²) in [6.45, 7) is 0.839. The van der Waals surface area contributed by atoms with Gasteiger partial charge in [-0.3, -0.25) is 0 Å². The summed E-state index contributed by atoms with van der Waals surface area (Å²) in [4.78, 5) is 0. The molecule has 0 radical (unpaired) electrons. The molecule has 3 rings (SSSR count). The summed E-state index contributed by atoms with van der Waals surface area (Å²) in [5.41, 5.74) is -1.91. The van der Waals surface area contributed by atoms with Gasteiger partial charge in [0.15, 0.2) is 23.7 Å². The Labute approximate surface area is 185 Å². The van der Waals surface area contributed by atoms with Crippen LogP contribution >= 0.6 is 0 Å². The number of rotatable bonds is 9. The molecule has 0 saturated carbocycles. The summed E-state index contributed by atoms with van der Waals surface area (Å²) in [5.74, 6) is -8.20. The first-order valence-corrected chi connectivity index (χ1v) is 10.1. The minimum atomic E-state index is -4.63. The van der Waals surface area contributed by atoms with Crippen LogP contribution in [0.2, 0.25) is 0 Å². The molecule has 0 atom stereocenters. The molecule has 2 aromatic carbocycles. The van der Waals surface area contributed by atoms with Crippen molar-refractivity contribution in [1.29, 1.82) is 0 Å². The van der Waals surface area contributed by atoms with E-state index in [0.29, 0.717) is 24.3 Å². The van der Waals surface area contributed by atoms with Crippen molar-refractivity contribution in [2.75, 3.05) is 26.5 Å². The molecule has 0 aromatic heterocycles. The fourth-order valence-electron chi connectivity index (χ4n) is 3.39. The average molecular weight is 482 g/mol. The average Bonchev–Trinajstić information content (AvgIpc) is 2.73. The second-order valence-corrected chi connectivity index (χ2v) is 7.39. The van der Waals surface area contributed by atoms with E-state index in [4.69, 9.17) is 9.47 Å². The zero-order valence-corrected chi connectivity index (χ0v) is 17.5. The fraction of sp³-hybridized carbons (Fsp3) is 0.455. The van der Waals surface area contributed by atoms with E-state index >= 15 is 0 Å². The van der Waals surface area contributed by atoms with E-state index in [1.807, 2.05) is 6.92 Å². The topological polar surface area (TPSA) is 36.9 Å². The Balaban J connectivity index is 1.80. The van der Waals surface area contributed by atoms with Crippen molar-refractivity contribution in [2.45, 2.75) is 32.2 Å². The number of benzene rings is 2. The summed E-state index contributed by atoms with van der Waals surface area (Å²) >= 11 is 0. The van der Waals surface area contributed by atoms with Gasteiger partial charge in [0.05, 0.1) is 13.2 Å². The second-order valence-electron chi connectivity index (χ2n) is 7.39. The van der Waals surface area contributed by atoms with Gasteiger partial charge in [-0.15, -0.1) is 0 Å². The normalized spacial score (nSPS) is 18.9. The van der Waals surface area contributed by atoms with Crippen LogP contribution in [0, 0.1) is 29.2 Å². The molecule has 0 amide bonds. The molecule has 2 aromatic rings. The van der Waals surface area contributed by atoms with Crippen LogP contribution in [-0.4, -0.2) is 26.5 Å². The quantitative estimate of drug-likeness (QED) is 0.400. The lowest BCUT2D eigenvalue weighted by molar-refractivity contribution is -0.206. The van der Waals surface area contributed by atoms with E-state index in [-0.39, 0.29) is 24.7 Å². The van der Waals surface area contributed by atoms with E-state index in [9.17, 15) is 30.7 Å². The Morgan fingerprint density at radius 3 is 2.03 bits per heavy atom. The first-order chi connectivity index (χ1) is 15.7. The minimum absolute atomic E-state index is 0.118. The van der Waals surface area contributed by atoms with Crippen molar-refractivity contribution < 1.29 is 49.7 Å². The Hall–Kier alpha value is -2.53. The maximum Gasteiger partial charge on any atom is 0.432 e. The highest BCUT2D eigenvalue weighted by molar-refractivity contribution is 5.36. The highest BCUT2D eigenvalue weighted by Gasteiger charge is 2.42. The molecule has 1 aliphatic rings. The smallest absolute Gasteiger partial charge is 0.432 e. The maximum absolute atomic E-state index is 14.5. The molecule has 0 N–H and O–H groups in total. The monoisotopic (exact) mass is 482 g/mol. The van der Waals surface area contributed by atoms with Crippen LogP contribution in [0.15, 0.2) is 24.3 Å². The molecule has 1 heterocycles. The van der Waals surface area contributed by atoms with Crippen LogP contribution in [0.5, 0.6) is 11.5 Å². The van der Waals surface area contributed by atoms with Crippen molar-refractivity contribution in [3.05, 3.63) is 58.7 Å². The van der Waals surface area contributed by atoms with E-state index in [2.05, 4.69) is 9.47 Å². The van der Waals surface area contributed by atoms with Crippen LogP contribution in [-0.2, 0) is 15.6 Å². The van der Waals surface area contributed by atoms with Crippen LogP contribution in [0.1, 0.15) is 37.2 Å². The first kappa shape index (κ1) is 25.1. The largest absolute Gasteiger partial charge is 0.485 e. The van der Waals surface area contributed by atoms with Gasteiger partial charge in [0, 0.05) is 23.6 Å². The summed E-state index contributed by atoms with van der Waals surface area (Å²) < 4.78 is 118. The zero-order valence-electron chi connectivity index (χ0n) is 17.5. The second kappa shape index (κ2) is 10.6. The van der Waals surface area contributed by atoms with Crippen molar-refractivity contribution in [2.24, 2.45) is 5.92 Å². The predicted molar refractivity (Wildman–Crippen MR) is 102 cm³/mol. The molecule has 0 spiro atoms. The molecule has 4 nitrogen and oxygen atoms in total. The Morgan fingerprint density at radius 1 is 0.939 bits per heavy atom. The standard InChI is InChI=1S/C22H21F7O4/c1-2-3-12-10-31-21(32-11-12)13-6-15(24)19(16(25)7-13)22(28,29)33-14-8-17(26)20(18(27)9-14)30-5-4-23/h6-9,12,21H,2-5,10-11H2,1H3. The molecular weight excluding hydrogens is 461 g/mol. The summed E-state index contributed by atoms with van der Waals surface area (Å²) in [5, 5.41) is 0. The van der Waals surface area contributed by atoms with Gasteiger partial charge in [0.1, 0.15) is 36.2 Å². The Kier molecular flexibility index (Phi) is 8.06. The number of ether oxygens (including phenoxy) is 4. The Morgan fingerprint density at radius 2 is 1.52 bits per heavy atom. The number of hydrogen-bond donors (Lipinski definition) is 0. The van der Waals surface area contributed by atoms with E-state index in [0.717, 1.165) is 12.8 Å². The van der Waals surface area contributed by atoms with E-state index in [1.165, 1.54) is 0 Å². The number of halogens is 7. The van der Waals surface area contributed by atoms with Gasteiger partial charge in [-0.05, 0) is 18.6 Å². The molecule has 0 bridgehead atoms. The van der Waals surface area contributed by atoms with E-state index in [1.54, 1.807) is 0 Å². The van der Waals surface area contributed by atoms with Gasteiger partial charge in [0.25, 0.3) is 0 Å². The van der Waals surface area contributed by atoms with Crippen molar-refractivity contribution >= 4 is 0 Å². The highest BCUT2D eigenvalue weighted by Crippen LogP contribution is 2.38. The third-order valence-corrected chi connectivity index (χ3v) is 4.83. The SMILES string of the molecule is CCCC1COC(c2cc(F)c(C(F)(F)Oc3cc(F)c(OCCF)c(F)c3)c(F)c2)OC1. The predicted octanol–water partition coefficient (Wildman–Crippen LogP) is 6.18. The van der Waals surface area contributed by atoms with Gasteiger partial charge < -0.3 is 18.9 Å². The summed E-state index contributed by atoms with van der Waals surface area (Å²) in [7, 11) is 0. The molecule has 0 unspecified atom stereocenters. The molecule has 182 valence electrons. The third kappa shape index (κ3) is 5.89. The minimum Gasteiger partial charge on any atom is -0.485 e. The van der Waals surface area contributed by atoms with Crippen LogP contribution in [0.3, 0.4) is 0 Å². The highest BCUT2D eigenvalue weighted by atomic mass is 19.3. The van der Waals surface area contributed by atoms with Gasteiger partial charge >= 0.3 is 6.11 Å². The van der Waals surface area contributed by atoms with Crippen LogP contribution in [0.4, 0.5) is 30.7 Å². The zero-order chi connectivity index (χ0) is 24.2. The Bertz CT molecular complexity index is 916. The third-order valence-electron chi connectivity index (χ3n) is 4.83. The molecule has 33 heavy (non-hydrogen) atoms. The molecule has 1 saturated heterocycles. The fourth-order valence-corrected chi connectivity index (χ4v) is 3.39. The van der Waals surface area contributed by atoms with Crippen LogP contribution in [0.25, 0.3) is 0 Å². The lowest BCUT2D eigenvalue weighted by Crippen LogP contribution is -2.28. The van der Waals surface area contributed by atoms with Crippen molar-refractivity contribution in [3.8, 4) is 11.5 Å². The maximum atomic E-state index is 14.5. The van der Waals surface area contributed by atoms with Crippen molar-refractivity contribution in [1.82, 2.24) is 0 Å².